The Hall–Kier alpha value is -2.21. The number of rotatable bonds is 4. The summed E-state index contributed by atoms with van der Waals surface area (Å²) in [6, 6.07) is 7.58. The van der Waals surface area contributed by atoms with Crippen LogP contribution in [-0.2, 0) is 16.0 Å². The number of aromatic nitrogens is 1. The van der Waals surface area contributed by atoms with Crippen molar-refractivity contribution in [3.05, 3.63) is 35.3 Å². The van der Waals surface area contributed by atoms with Crippen LogP contribution in [0.5, 0.6) is 0 Å². The minimum Gasteiger partial charge on any atom is -0.342 e. The van der Waals surface area contributed by atoms with Crippen LogP contribution < -0.4 is 5.32 Å². The molecule has 0 atom stereocenters. The van der Waals surface area contributed by atoms with Crippen LogP contribution in [0.1, 0.15) is 25.5 Å². The van der Waals surface area contributed by atoms with Crippen molar-refractivity contribution in [3.8, 4) is 10.6 Å². The highest BCUT2D eigenvalue weighted by molar-refractivity contribution is 7.13. The van der Waals surface area contributed by atoms with Gasteiger partial charge in [0, 0.05) is 36.6 Å². The number of hydrogen-bond acceptors (Lipinski definition) is 4. The van der Waals surface area contributed by atoms with E-state index >= 15 is 0 Å². The van der Waals surface area contributed by atoms with E-state index in [1.54, 1.807) is 0 Å². The van der Waals surface area contributed by atoms with Gasteiger partial charge in [0.1, 0.15) is 5.01 Å². The third kappa shape index (κ3) is 3.96. The van der Waals surface area contributed by atoms with Crippen LogP contribution in [0, 0.1) is 0 Å². The summed E-state index contributed by atoms with van der Waals surface area (Å²) in [4.78, 5) is 29.8. The second-order valence-corrected chi connectivity index (χ2v) is 6.53. The number of thiazole rings is 1. The Balaban J connectivity index is 1.71. The van der Waals surface area contributed by atoms with Gasteiger partial charge in [-0.2, -0.15) is 0 Å². The van der Waals surface area contributed by atoms with Crippen molar-refractivity contribution in [2.75, 3.05) is 18.4 Å². The van der Waals surface area contributed by atoms with Crippen molar-refractivity contribution in [1.29, 1.82) is 0 Å². The standard InChI is InChI=1S/C17H19N3O2S/c1-12(21)18-14-6-4-5-13(9-14)17-19-15(11-23-17)10-16(22)20-7-2-3-8-20/h4-6,9,11H,2-3,7-8,10H2,1H3,(H,18,21). The van der Waals surface area contributed by atoms with E-state index in [2.05, 4.69) is 10.3 Å². The van der Waals surface area contributed by atoms with Crippen molar-refractivity contribution >= 4 is 28.8 Å². The molecule has 1 fully saturated rings. The van der Waals surface area contributed by atoms with Gasteiger partial charge in [-0.3, -0.25) is 9.59 Å². The number of hydrogen-bond donors (Lipinski definition) is 1. The molecule has 23 heavy (non-hydrogen) atoms. The molecule has 1 saturated heterocycles. The third-order valence-electron chi connectivity index (χ3n) is 3.77. The average molecular weight is 329 g/mol. The molecule has 1 aliphatic rings. The normalized spacial score (nSPS) is 14.0. The predicted molar refractivity (Wildman–Crippen MR) is 91.4 cm³/mol. The molecule has 6 heteroatoms. The molecule has 0 radical (unpaired) electrons. The summed E-state index contributed by atoms with van der Waals surface area (Å²) in [6.45, 7) is 3.22. The Morgan fingerprint density at radius 3 is 2.83 bits per heavy atom. The first-order valence-electron chi connectivity index (χ1n) is 7.72. The quantitative estimate of drug-likeness (QED) is 0.938. The van der Waals surface area contributed by atoms with Gasteiger partial charge >= 0.3 is 0 Å². The number of carbonyl (C=O) groups excluding carboxylic acids is 2. The monoisotopic (exact) mass is 329 g/mol. The average Bonchev–Trinajstić information content (AvgIpc) is 3.18. The Kier molecular flexibility index (Phi) is 4.71. The summed E-state index contributed by atoms with van der Waals surface area (Å²) in [5, 5.41) is 5.57. The van der Waals surface area contributed by atoms with Gasteiger partial charge in [0.05, 0.1) is 12.1 Å². The maximum atomic E-state index is 12.2. The van der Waals surface area contributed by atoms with Crippen LogP contribution in [0.4, 0.5) is 5.69 Å². The van der Waals surface area contributed by atoms with Crippen molar-refractivity contribution in [2.45, 2.75) is 26.2 Å². The van der Waals surface area contributed by atoms with E-state index < -0.39 is 0 Å². The fraction of sp³-hybridized carbons (Fsp3) is 0.353. The van der Waals surface area contributed by atoms with E-state index in [1.807, 2.05) is 34.5 Å². The molecule has 3 rings (SSSR count). The molecule has 0 unspecified atom stereocenters. The van der Waals surface area contributed by atoms with Gasteiger partial charge in [0.2, 0.25) is 11.8 Å². The summed E-state index contributed by atoms with van der Waals surface area (Å²) < 4.78 is 0. The smallest absolute Gasteiger partial charge is 0.228 e. The van der Waals surface area contributed by atoms with Gasteiger partial charge in [-0.25, -0.2) is 4.98 Å². The second-order valence-electron chi connectivity index (χ2n) is 5.67. The van der Waals surface area contributed by atoms with Gasteiger partial charge < -0.3 is 10.2 Å². The Morgan fingerprint density at radius 2 is 2.09 bits per heavy atom. The number of benzene rings is 1. The first-order valence-corrected chi connectivity index (χ1v) is 8.60. The van der Waals surface area contributed by atoms with E-state index in [1.165, 1.54) is 18.3 Å². The van der Waals surface area contributed by atoms with Crippen molar-refractivity contribution in [2.24, 2.45) is 0 Å². The van der Waals surface area contributed by atoms with Crippen molar-refractivity contribution < 1.29 is 9.59 Å². The molecular weight excluding hydrogens is 310 g/mol. The minimum atomic E-state index is -0.0989. The van der Waals surface area contributed by atoms with Crippen molar-refractivity contribution in [3.63, 3.8) is 0 Å². The maximum absolute atomic E-state index is 12.2. The van der Waals surface area contributed by atoms with E-state index in [0.29, 0.717) is 6.42 Å². The summed E-state index contributed by atoms with van der Waals surface area (Å²) in [5.74, 6) is 0.0598. The summed E-state index contributed by atoms with van der Waals surface area (Å²) in [6.07, 6.45) is 2.57. The second kappa shape index (κ2) is 6.91. The van der Waals surface area contributed by atoms with Gasteiger partial charge in [-0.05, 0) is 25.0 Å². The number of anilines is 1. The lowest BCUT2D eigenvalue weighted by atomic mass is 10.2. The van der Waals surface area contributed by atoms with Crippen molar-refractivity contribution in [1.82, 2.24) is 9.88 Å². The van der Waals surface area contributed by atoms with Gasteiger partial charge in [0.15, 0.2) is 0 Å². The highest BCUT2D eigenvalue weighted by atomic mass is 32.1. The number of carbonyl (C=O) groups is 2. The molecule has 2 aromatic rings. The first-order chi connectivity index (χ1) is 11.1. The Labute approximate surface area is 139 Å². The lowest BCUT2D eigenvalue weighted by molar-refractivity contribution is -0.129. The zero-order chi connectivity index (χ0) is 16.2. The molecule has 0 bridgehead atoms. The van der Waals surface area contributed by atoms with Crippen LogP contribution in [0.15, 0.2) is 29.6 Å². The number of amides is 2. The summed E-state index contributed by atoms with van der Waals surface area (Å²) in [7, 11) is 0. The van der Waals surface area contributed by atoms with E-state index in [0.717, 1.165) is 47.9 Å². The molecule has 2 heterocycles. The lowest BCUT2D eigenvalue weighted by Gasteiger charge is -2.13. The highest BCUT2D eigenvalue weighted by Gasteiger charge is 2.19. The zero-order valence-corrected chi connectivity index (χ0v) is 13.9. The molecule has 1 aromatic heterocycles. The first kappa shape index (κ1) is 15.7. The molecule has 5 nitrogen and oxygen atoms in total. The molecule has 0 saturated carbocycles. The van der Waals surface area contributed by atoms with Crippen LogP contribution in [0.25, 0.3) is 10.6 Å². The maximum Gasteiger partial charge on any atom is 0.228 e. The largest absolute Gasteiger partial charge is 0.342 e. The van der Waals surface area contributed by atoms with E-state index in [9.17, 15) is 9.59 Å². The Morgan fingerprint density at radius 1 is 1.30 bits per heavy atom. The predicted octanol–water partition coefficient (Wildman–Crippen LogP) is 2.93. The van der Waals surface area contributed by atoms with Gasteiger partial charge in [0.25, 0.3) is 0 Å². The van der Waals surface area contributed by atoms with Crippen LogP contribution in [0.3, 0.4) is 0 Å². The summed E-state index contributed by atoms with van der Waals surface area (Å²) in [5.41, 5.74) is 2.51. The SMILES string of the molecule is CC(=O)Nc1cccc(-c2nc(CC(=O)N3CCCC3)cs2)c1. The zero-order valence-electron chi connectivity index (χ0n) is 13.0. The number of likely N-dealkylation sites (tertiary alicyclic amines) is 1. The molecule has 2 amide bonds. The molecule has 1 N–H and O–H groups in total. The Bertz CT molecular complexity index is 720. The van der Waals surface area contributed by atoms with E-state index in [4.69, 9.17) is 0 Å². The van der Waals surface area contributed by atoms with E-state index in [-0.39, 0.29) is 11.8 Å². The minimum absolute atomic E-state index is 0.0989. The topological polar surface area (TPSA) is 62.3 Å². The molecule has 1 aliphatic heterocycles. The molecular formula is C17H19N3O2S. The molecule has 0 aliphatic carbocycles. The molecule has 0 spiro atoms. The van der Waals surface area contributed by atoms with Crippen LogP contribution in [-0.4, -0.2) is 34.8 Å². The van der Waals surface area contributed by atoms with Gasteiger partial charge in [-0.15, -0.1) is 11.3 Å². The number of nitrogens with one attached hydrogen (secondary N) is 1. The molecule has 1 aromatic carbocycles. The highest BCUT2D eigenvalue weighted by Crippen LogP contribution is 2.26. The number of nitrogens with zero attached hydrogens (tertiary/aromatic N) is 2. The summed E-state index contributed by atoms with van der Waals surface area (Å²) >= 11 is 1.52. The van der Waals surface area contributed by atoms with Crippen LogP contribution in [0.2, 0.25) is 0 Å². The van der Waals surface area contributed by atoms with Crippen LogP contribution >= 0.6 is 11.3 Å². The fourth-order valence-corrected chi connectivity index (χ4v) is 3.50. The third-order valence-corrected chi connectivity index (χ3v) is 4.71. The lowest BCUT2D eigenvalue weighted by Crippen LogP contribution is -2.29. The fourth-order valence-electron chi connectivity index (χ4n) is 2.69. The van der Waals surface area contributed by atoms with Gasteiger partial charge in [-0.1, -0.05) is 12.1 Å². The molecule has 120 valence electrons.